The Bertz CT molecular complexity index is 1610. The predicted molar refractivity (Wildman–Crippen MR) is 181 cm³/mol. The molecule has 6 rings (SSSR count). The third-order valence-electron chi connectivity index (χ3n) is 8.66. The summed E-state index contributed by atoms with van der Waals surface area (Å²) in [5, 5.41) is 6.96. The van der Waals surface area contributed by atoms with Gasteiger partial charge in [0, 0.05) is 31.1 Å². The van der Waals surface area contributed by atoms with Gasteiger partial charge in [0.25, 0.3) is 0 Å². The van der Waals surface area contributed by atoms with Gasteiger partial charge in [0.05, 0.1) is 34.2 Å². The fourth-order valence-corrected chi connectivity index (χ4v) is 5.72. The van der Waals surface area contributed by atoms with Crippen molar-refractivity contribution in [1.82, 2.24) is 5.32 Å². The molecule has 2 N–H and O–H groups in total. The number of nitrogens with one attached hydrogen (secondary N) is 2. The number of carbonyl (C=O) groups is 1. The van der Waals surface area contributed by atoms with Crippen molar-refractivity contribution >= 4 is 54.2 Å². The number of hydrogen-bond donors (Lipinski definition) is 2. The summed E-state index contributed by atoms with van der Waals surface area (Å²) in [6.07, 6.45) is 1.14. The molecule has 0 radical (unpaired) electrons. The van der Waals surface area contributed by atoms with Gasteiger partial charge in [-0.15, -0.1) is 0 Å². The summed E-state index contributed by atoms with van der Waals surface area (Å²) in [6.45, 7) is 10.5. The Balaban J connectivity index is 0.000000200. The van der Waals surface area contributed by atoms with E-state index in [9.17, 15) is 18.0 Å². The lowest BCUT2D eigenvalue weighted by molar-refractivity contribution is -0.137. The van der Waals surface area contributed by atoms with E-state index in [1.54, 1.807) is 18.2 Å². The van der Waals surface area contributed by atoms with Gasteiger partial charge >= 0.3 is 13.3 Å². The number of rotatable bonds is 4. The lowest BCUT2D eigenvalue weighted by Crippen LogP contribution is -2.51. The molecule has 3 heterocycles. The number of alkyl halides is 3. The topological polar surface area (TPSA) is 62.8 Å². The Kier molecular flexibility index (Phi) is 10.0. The lowest BCUT2D eigenvalue weighted by atomic mass is 9.89. The summed E-state index contributed by atoms with van der Waals surface area (Å²) >= 11 is 5.93. The van der Waals surface area contributed by atoms with Crippen LogP contribution in [0.15, 0.2) is 72.7 Å². The van der Waals surface area contributed by atoms with Gasteiger partial charge in [-0.2, -0.15) is 13.2 Å². The zero-order valence-electron chi connectivity index (χ0n) is 26.3. The van der Waals surface area contributed by atoms with Crippen molar-refractivity contribution in [3.63, 3.8) is 0 Å². The van der Waals surface area contributed by atoms with Crippen LogP contribution < -0.4 is 15.5 Å². The number of benzene rings is 3. The second-order valence-corrected chi connectivity index (χ2v) is 13.0. The second-order valence-electron chi connectivity index (χ2n) is 12.5. The van der Waals surface area contributed by atoms with Crippen molar-refractivity contribution in [2.45, 2.75) is 57.5 Å². The molecule has 3 aromatic rings. The highest BCUT2D eigenvalue weighted by Crippen LogP contribution is 2.37. The van der Waals surface area contributed by atoms with Gasteiger partial charge in [-0.1, -0.05) is 72.2 Å². The molecule has 2 saturated heterocycles. The van der Waals surface area contributed by atoms with Crippen LogP contribution in [0.5, 0.6) is 0 Å². The number of carbonyl (C=O) groups excluding carboxylic acids is 1. The van der Waals surface area contributed by atoms with E-state index in [2.05, 4.69) is 15.5 Å². The normalized spacial score (nSPS) is 20.5. The maximum absolute atomic E-state index is 13.2. The molecule has 0 aliphatic carbocycles. The maximum atomic E-state index is 13.2. The van der Waals surface area contributed by atoms with Gasteiger partial charge < -0.3 is 24.8 Å². The monoisotopic (exact) mass is 651 g/mol. The molecule has 1 amide bonds. The molecule has 0 spiro atoms. The highest BCUT2D eigenvalue weighted by molar-refractivity contribution is 6.52. The van der Waals surface area contributed by atoms with Crippen molar-refractivity contribution in [2.24, 2.45) is 0 Å². The number of anilines is 2. The quantitative estimate of drug-likeness (QED) is 0.221. The molecule has 242 valence electrons. The summed E-state index contributed by atoms with van der Waals surface area (Å²) in [5.74, 6) is 1.89. The van der Waals surface area contributed by atoms with E-state index in [4.69, 9.17) is 20.9 Å². The zero-order chi connectivity index (χ0) is 33.1. The first-order valence-electron chi connectivity index (χ1n) is 15.3. The molecule has 11 heteroatoms. The van der Waals surface area contributed by atoms with Crippen molar-refractivity contribution < 1.29 is 27.3 Å². The summed E-state index contributed by atoms with van der Waals surface area (Å²) in [4.78, 5) is 14.3. The summed E-state index contributed by atoms with van der Waals surface area (Å²) in [7, 11) is -0.311. The van der Waals surface area contributed by atoms with Crippen molar-refractivity contribution in [3.05, 3.63) is 100.0 Å². The van der Waals surface area contributed by atoms with Crippen LogP contribution in [0.3, 0.4) is 0 Å². The van der Waals surface area contributed by atoms with Gasteiger partial charge in [-0.3, -0.25) is 4.79 Å². The Hall–Kier alpha value is -3.57. The Morgan fingerprint density at radius 2 is 1.65 bits per heavy atom. The third-order valence-corrected chi connectivity index (χ3v) is 8.90. The van der Waals surface area contributed by atoms with Crippen LogP contribution in [0, 0.1) is 0 Å². The summed E-state index contributed by atoms with van der Waals surface area (Å²) in [6, 6.07) is 18.8. The van der Waals surface area contributed by atoms with Crippen LogP contribution >= 0.6 is 11.6 Å². The number of halogens is 4. The van der Waals surface area contributed by atoms with E-state index in [1.807, 2.05) is 76.1 Å². The lowest BCUT2D eigenvalue weighted by Gasteiger charge is -2.36. The molecule has 2 fully saturated rings. The van der Waals surface area contributed by atoms with E-state index in [0.717, 1.165) is 53.2 Å². The fourth-order valence-electron chi connectivity index (χ4n) is 5.53. The fraction of sp³-hybridized carbons (Fsp3) is 0.343. The van der Waals surface area contributed by atoms with Gasteiger partial charge in [-0.25, -0.2) is 0 Å². The average molecular weight is 652 g/mol. The molecule has 3 aliphatic heterocycles. The standard InChI is InChI=1S/C21H20F3N3O.C14H18BClO2/c22-21(23,24)17-4-2-1-3-15(17)7-5-14-6-8-18-19(11-14)27-10-9-25-13-16(27)12-20(28)26-18;1-13(2)14(3,4)18-15(17-13)9-8-11-6-5-7-12(16)10-11/h1-8,11,16,25H,9-10,12-13H2,(H,26,28);5-10H,1-4H3/b7-5+;9-8+. The average Bonchev–Trinajstić information content (AvgIpc) is 3.11. The summed E-state index contributed by atoms with van der Waals surface area (Å²) in [5.41, 5.74) is 2.34. The van der Waals surface area contributed by atoms with Crippen molar-refractivity contribution in [2.75, 3.05) is 29.9 Å². The highest BCUT2D eigenvalue weighted by Gasteiger charge is 2.50. The van der Waals surface area contributed by atoms with Crippen molar-refractivity contribution in [1.29, 1.82) is 0 Å². The predicted octanol–water partition coefficient (Wildman–Crippen LogP) is 7.98. The number of hydrogen-bond acceptors (Lipinski definition) is 5. The zero-order valence-corrected chi connectivity index (χ0v) is 27.1. The first-order chi connectivity index (χ1) is 21.7. The number of amides is 1. The largest absolute Gasteiger partial charge is 0.487 e. The molecule has 6 nitrogen and oxygen atoms in total. The Morgan fingerprint density at radius 3 is 2.37 bits per heavy atom. The smallest absolute Gasteiger partial charge is 0.400 e. The van der Waals surface area contributed by atoms with E-state index in [1.165, 1.54) is 18.2 Å². The number of nitrogens with zero attached hydrogens (tertiary/aromatic N) is 1. The van der Waals surface area contributed by atoms with E-state index < -0.39 is 11.7 Å². The third kappa shape index (κ3) is 8.04. The van der Waals surface area contributed by atoms with E-state index >= 15 is 0 Å². The van der Waals surface area contributed by atoms with Gasteiger partial charge in [0.1, 0.15) is 0 Å². The molecule has 1 unspecified atom stereocenters. The van der Waals surface area contributed by atoms with E-state index in [-0.39, 0.29) is 35.8 Å². The molecule has 0 bridgehead atoms. The minimum atomic E-state index is -4.40. The first-order valence-corrected chi connectivity index (χ1v) is 15.6. The second kappa shape index (κ2) is 13.7. The van der Waals surface area contributed by atoms with Gasteiger partial charge in [-0.05, 0) is 74.7 Å². The molecule has 3 aromatic carbocycles. The SMILES string of the molecule is CC1(C)OB(/C=C/c2cccc(Cl)c2)OC1(C)C.O=C1CC2CNCCN2c2cc(/C=C/c3ccccc3C(F)(F)F)ccc2N1. The van der Waals surface area contributed by atoms with Crippen LogP contribution in [0.2, 0.25) is 5.02 Å². The minimum absolute atomic E-state index is 0.0279. The van der Waals surface area contributed by atoms with Gasteiger partial charge in [0.15, 0.2) is 0 Å². The molecular formula is C35H38BClF3N3O3. The molecular weight excluding hydrogens is 614 g/mol. The summed E-state index contributed by atoms with van der Waals surface area (Å²) < 4.78 is 51.3. The molecule has 1 atom stereocenters. The minimum Gasteiger partial charge on any atom is -0.400 e. The number of piperazine rings is 1. The van der Waals surface area contributed by atoms with Crippen molar-refractivity contribution in [3.8, 4) is 0 Å². The van der Waals surface area contributed by atoms with Crippen LogP contribution in [-0.4, -0.2) is 49.9 Å². The molecule has 46 heavy (non-hydrogen) atoms. The number of fused-ring (bicyclic) bond motifs is 3. The van der Waals surface area contributed by atoms with Crippen LogP contribution in [0.1, 0.15) is 56.4 Å². The maximum Gasteiger partial charge on any atom is 0.487 e. The van der Waals surface area contributed by atoms with Crippen LogP contribution in [0.25, 0.3) is 18.2 Å². The highest BCUT2D eigenvalue weighted by atomic mass is 35.5. The Labute approximate surface area is 273 Å². The van der Waals surface area contributed by atoms with Gasteiger partial charge in [0.2, 0.25) is 5.91 Å². The van der Waals surface area contributed by atoms with Crippen LogP contribution in [0.4, 0.5) is 24.5 Å². The molecule has 3 aliphatic rings. The molecule has 0 aromatic heterocycles. The van der Waals surface area contributed by atoms with Crippen LogP contribution in [-0.2, 0) is 20.3 Å². The molecule has 0 saturated carbocycles. The Morgan fingerprint density at radius 1 is 0.935 bits per heavy atom. The first kappa shape index (κ1) is 33.8. The van der Waals surface area contributed by atoms with E-state index in [0.29, 0.717) is 6.42 Å².